The Balaban J connectivity index is 1.84. The smallest absolute Gasteiger partial charge is 0.260 e. The first-order chi connectivity index (χ1) is 12.6. The molecule has 0 aliphatic carbocycles. The average molecular weight is 342 g/mol. The average Bonchev–Trinajstić information content (AvgIpc) is 2.91. The van der Waals surface area contributed by atoms with Gasteiger partial charge in [0.25, 0.3) is 5.91 Å². The lowest BCUT2D eigenvalue weighted by atomic mass is 10.1. The molecule has 0 spiro atoms. The topological polar surface area (TPSA) is 32.3 Å². The third-order valence-corrected chi connectivity index (χ3v) is 5.02. The first-order valence-electron chi connectivity index (χ1n) is 8.88. The lowest BCUT2D eigenvalue weighted by Crippen LogP contribution is -2.33. The number of aryl methyl sites for hydroxylation is 3. The number of amides is 1. The van der Waals surface area contributed by atoms with Crippen molar-refractivity contribution in [2.75, 3.05) is 10.2 Å². The van der Waals surface area contributed by atoms with Crippen molar-refractivity contribution in [3.63, 3.8) is 0 Å². The summed E-state index contributed by atoms with van der Waals surface area (Å²) in [6.45, 7) is 6.21. The van der Waals surface area contributed by atoms with E-state index in [0.29, 0.717) is 0 Å². The Morgan fingerprint density at radius 2 is 1.58 bits per heavy atom. The number of hydrogen-bond donors (Lipinski definition) is 1. The van der Waals surface area contributed by atoms with Crippen LogP contribution in [0.5, 0.6) is 0 Å². The van der Waals surface area contributed by atoms with Gasteiger partial charge in [-0.3, -0.25) is 9.69 Å². The highest BCUT2D eigenvalue weighted by Crippen LogP contribution is 2.39. The lowest BCUT2D eigenvalue weighted by Gasteiger charge is -2.29. The molecule has 1 aliphatic rings. The summed E-state index contributed by atoms with van der Waals surface area (Å²) in [5, 5.41) is 3.62. The Kier molecular flexibility index (Phi) is 4.00. The van der Waals surface area contributed by atoms with Crippen molar-refractivity contribution in [3.8, 4) is 0 Å². The standard InChI is InChI=1S/C23H22N2O/c1-15-12-13-16(2)20(14-15)24-22-18-9-5-6-10-19(18)23(26)25(22)21-11-7-4-8-17(21)3/h4-14,22,24H,1-3H3. The predicted octanol–water partition coefficient (Wildman–Crippen LogP) is 5.38. The maximum absolute atomic E-state index is 13.2. The molecule has 3 heteroatoms. The number of hydrogen-bond acceptors (Lipinski definition) is 2. The Morgan fingerprint density at radius 1 is 0.846 bits per heavy atom. The maximum Gasteiger partial charge on any atom is 0.260 e. The minimum Gasteiger partial charge on any atom is -0.361 e. The highest BCUT2D eigenvalue weighted by Gasteiger charge is 2.38. The summed E-state index contributed by atoms with van der Waals surface area (Å²) in [6.07, 6.45) is -0.222. The van der Waals surface area contributed by atoms with E-state index in [-0.39, 0.29) is 12.1 Å². The van der Waals surface area contributed by atoms with E-state index in [4.69, 9.17) is 0 Å². The van der Waals surface area contributed by atoms with Crippen LogP contribution in [0.2, 0.25) is 0 Å². The van der Waals surface area contributed by atoms with Crippen molar-refractivity contribution in [1.82, 2.24) is 0 Å². The number of anilines is 2. The van der Waals surface area contributed by atoms with Crippen LogP contribution in [-0.4, -0.2) is 5.91 Å². The van der Waals surface area contributed by atoms with Gasteiger partial charge in [0, 0.05) is 22.5 Å². The van der Waals surface area contributed by atoms with Gasteiger partial charge in [-0.15, -0.1) is 0 Å². The Labute approximate surface area is 154 Å². The van der Waals surface area contributed by atoms with Gasteiger partial charge in [0.15, 0.2) is 0 Å². The maximum atomic E-state index is 13.2. The highest BCUT2D eigenvalue weighted by atomic mass is 16.2. The van der Waals surface area contributed by atoms with E-state index in [1.54, 1.807) is 0 Å². The largest absolute Gasteiger partial charge is 0.361 e. The zero-order valence-electron chi connectivity index (χ0n) is 15.3. The van der Waals surface area contributed by atoms with Crippen LogP contribution in [0.25, 0.3) is 0 Å². The van der Waals surface area contributed by atoms with E-state index in [0.717, 1.165) is 33.6 Å². The highest BCUT2D eigenvalue weighted by molar-refractivity contribution is 6.11. The van der Waals surface area contributed by atoms with Crippen molar-refractivity contribution in [1.29, 1.82) is 0 Å². The zero-order chi connectivity index (χ0) is 18.3. The molecule has 1 heterocycles. The number of carbonyl (C=O) groups is 1. The van der Waals surface area contributed by atoms with Crippen molar-refractivity contribution < 1.29 is 4.79 Å². The van der Waals surface area contributed by atoms with Gasteiger partial charge in [-0.25, -0.2) is 0 Å². The number of benzene rings is 3. The van der Waals surface area contributed by atoms with Gasteiger partial charge in [-0.2, -0.15) is 0 Å². The molecule has 3 aromatic carbocycles. The fourth-order valence-corrected chi connectivity index (χ4v) is 3.58. The van der Waals surface area contributed by atoms with Crippen LogP contribution in [0, 0.1) is 20.8 Å². The first kappa shape index (κ1) is 16.4. The summed E-state index contributed by atoms with van der Waals surface area (Å²) in [7, 11) is 0. The van der Waals surface area contributed by atoms with Gasteiger partial charge in [-0.1, -0.05) is 48.5 Å². The predicted molar refractivity (Wildman–Crippen MR) is 107 cm³/mol. The van der Waals surface area contributed by atoms with E-state index in [1.807, 2.05) is 60.4 Å². The first-order valence-corrected chi connectivity index (χ1v) is 8.88. The van der Waals surface area contributed by atoms with Crippen LogP contribution in [0.4, 0.5) is 11.4 Å². The summed E-state index contributed by atoms with van der Waals surface area (Å²) < 4.78 is 0. The molecule has 0 saturated carbocycles. The molecule has 1 atom stereocenters. The van der Waals surface area contributed by atoms with Crippen molar-refractivity contribution in [2.24, 2.45) is 0 Å². The Hall–Kier alpha value is -3.07. The van der Waals surface area contributed by atoms with E-state index < -0.39 is 0 Å². The molecule has 1 aliphatic heterocycles. The summed E-state index contributed by atoms with van der Waals surface area (Å²) in [4.78, 5) is 15.1. The van der Waals surface area contributed by atoms with Gasteiger partial charge in [0.1, 0.15) is 6.17 Å². The van der Waals surface area contributed by atoms with Crippen LogP contribution in [-0.2, 0) is 0 Å². The summed E-state index contributed by atoms with van der Waals surface area (Å²) in [6, 6.07) is 22.2. The van der Waals surface area contributed by atoms with Gasteiger partial charge < -0.3 is 5.32 Å². The van der Waals surface area contributed by atoms with Crippen LogP contribution < -0.4 is 10.2 Å². The molecule has 4 rings (SSSR count). The Morgan fingerprint density at radius 3 is 2.38 bits per heavy atom. The van der Waals surface area contributed by atoms with Crippen molar-refractivity contribution >= 4 is 17.3 Å². The van der Waals surface area contributed by atoms with Crippen LogP contribution >= 0.6 is 0 Å². The summed E-state index contributed by atoms with van der Waals surface area (Å²) in [5.74, 6) is 0.0395. The quantitative estimate of drug-likeness (QED) is 0.693. The fourth-order valence-electron chi connectivity index (χ4n) is 3.58. The van der Waals surface area contributed by atoms with Crippen molar-refractivity contribution in [2.45, 2.75) is 26.9 Å². The molecule has 1 N–H and O–H groups in total. The molecule has 0 radical (unpaired) electrons. The molecule has 26 heavy (non-hydrogen) atoms. The van der Waals surface area contributed by atoms with Crippen LogP contribution in [0.1, 0.15) is 38.8 Å². The van der Waals surface area contributed by atoms with Crippen LogP contribution in [0.3, 0.4) is 0 Å². The molecule has 3 aromatic rings. The zero-order valence-corrected chi connectivity index (χ0v) is 15.3. The molecule has 3 nitrogen and oxygen atoms in total. The monoisotopic (exact) mass is 342 g/mol. The van der Waals surface area contributed by atoms with Gasteiger partial charge in [0.05, 0.1) is 0 Å². The van der Waals surface area contributed by atoms with E-state index in [9.17, 15) is 4.79 Å². The second-order valence-electron chi connectivity index (χ2n) is 6.91. The summed E-state index contributed by atoms with van der Waals surface area (Å²) >= 11 is 0. The second kappa shape index (κ2) is 6.34. The third-order valence-electron chi connectivity index (χ3n) is 5.02. The number of nitrogens with one attached hydrogen (secondary N) is 1. The van der Waals surface area contributed by atoms with Crippen molar-refractivity contribution in [3.05, 3.63) is 94.5 Å². The van der Waals surface area contributed by atoms with Gasteiger partial charge >= 0.3 is 0 Å². The molecule has 0 fully saturated rings. The molecule has 0 aromatic heterocycles. The lowest BCUT2D eigenvalue weighted by molar-refractivity contribution is 0.0993. The van der Waals surface area contributed by atoms with Gasteiger partial charge in [-0.05, 0) is 55.7 Å². The molecule has 1 unspecified atom stereocenters. The minimum atomic E-state index is -0.222. The number of carbonyl (C=O) groups excluding carboxylic acids is 1. The molecular formula is C23H22N2O. The second-order valence-corrected chi connectivity index (χ2v) is 6.91. The van der Waals surface area contributed by atoms with Crippen LogP contribution in [0.15, 0.2) is 66.7 Å². The Bertz CT molecular complexity index is 993. The van der Waals surface area contributed by atoms with E-state index >= 15 is 0 Å². The molecule has 1 amide bonds. The third kappa shape index (κ3) is 2.66. The fraction of sp³-hybridized carbons (Fsp3) is 0.174. The number of para-hydroxylation sites is 1. The van der Waals surface area contributed by atoms with E-state index in [2.05, 4.69) is 37.4 Å². The number of rotatable bonds is 3. The van der Waals surface area contributed by atoms with E-state index in [1.165, 1.54) is 5.56 Å². The molecule has 0 saturated heterocycles. The molecular weight excluding hydrogens is 320 g/mol. The number of nitrogens with zero attached hydrogens (tertiary/aromatic N) is 1. The number of fused-ring (bicyclic) bond motifs is 1. The SMILES string of the molecule is Cc1ccc(C)c(NC2c3ccccc3C(=O)N2c2ccccc2C)c1. The molecule has 130 valence electrons. The minimum absolute atomic E-state index is 0.0395. The molecule has 0 bridgehead atoms. The normalized spacial score (nSPS) is 15.9. The van der Waals surface area contributed by atoms with Gasteiger partial charge in [0.2, 0.25) is 0 Å². The summed E-state index contributed by atoms with van der Waals surface area (Å²) in [5.41, 5.74) is 7.21.